The summed E-state index contributed by atoms with van der Waals surface area (Å²) in [6.07, 6.45) is 11.7. The Balaban J connectivity index is 4.17. The summed E-state index contributed by atoms with van der Waals surface area (Å²) in [6, 6.07) is 0. The molecule has 0 aromatic rings. The molecule has 5 nitrogen and oxygen atoms in total. The van der Waals surface area contributed by atoms with Crippen LogP contribution in [0.15, 0.2) is 0 Å². The van der Waals surface area contributed by atoms with Crippen LogP contribution in [0.4, 0.5) is 0 Å². The minimum Gasteiger partial charge on any atom is -0.465 e. The normalized spacial score (nSPS) is 14.4. The lowest BCUT2D eigenvalue weighted by Crippen LogP contribution is -2.39. The van der Waals surface area contributed by atoms with Gasteiger partial charge in [0, 0.05) is 0 Å². The molecule has 1 unspecified atom stereocenters. The number of esters is 1. The molecule has 0 aliphatic rings. The summed E-state index contributed by atoms with van der Waals surface area (Å²) in [7, 11) is -4.54. The fourth-order valence-electron chi connectivity index (χ4n) is 3.06. The predicted molar refractivity (Wildman–Crippen MR) is 98.2 cm³/mol. The fourth-order valence-corrected chi connectivity index (χ4v) is 4.23. The van der Waals surface area contributed by atoms with Crippen molar-refractivity contribution in [2.24, 2.45) is 0 Å². The summed E-state index contributed by atoms with van der Waals surface area (Å²) in [5.41, 5.74) is 0. The van der Waals surface area contributed by atoms with Crippen LogP contribution in [0.2, 0.25) is 0 Å². The average molecular weight is 364 g/mol. The van der Waals surface area contributed by atoms with Gasteiger partial charge in [-0.05, 0) is 19.8 Å². The van der Waals surface area contributed by atoms with Gasteiger partial charge in [-0.25, -0.2) is 0 Å². The fraction of sp³-hybridized carbons (Fsp3) is 0.944. The Morgan fingerprint density at radius 3 is 1.71 bits per heavy atom. The second-order valence-corrected chi connectivity index (χ2v) is 8.53. The monoisotopic (exact) mass is 364 g/mol. The maximum absolute atomic E-state index is 12.1. The number of carbonyl (C=O) groups excluding carboxylic acids is 1. The van der Waals surface area contributed by atoms with E-state index in [1.54, 1.807) is 13.8 Å². The number of carbonyl (C=O) groups is 1. The third-order valence-corrected chi connectivity index (χ3v) is 6.58. The molecule has 0 aromatic carbocycles. The molecule has 0 heterocycles. The Labute approximate surface area is 147 Å². The van der Waals surface area contributed by atoms with Crippen LogP contribution in [0, 0.1) is 0 Å². The van der Waals surface area contributed by atoms with Crippen molar-refractivity contribution >= 4 is 13.6 Å². The Morgan fingerprint density at radius 1 is 0.875 bits per heavy atom. The van der Waals surface area contributed by atoms with Gasteiger partial charge in [-0.2, -0.15) is 0 Å². The number of rotatable bonds is 15. The molecule has 0 radical (unpaired) electrons. The zero-order valence-electron chi connectivity index (χ0n) is 15.8. The Hall–Kier alpha value is -0.380. The minimum atomic E-state index is -4.54. The lowest BCUT2D eigenvalue weighted by atomic mass is 9.96. The van der Waals surface area contributed by atoms with E-state index in [0.717, 1.165) is 19.3 Å². The van der Waals surface area contributed by atoms with Crippen molar-refractivity contribution in [3.05, 3.63) is 0 Å². The summed E-state index contributed by atoms with van der Waals surface area (Å²) in [5.74, 6) is -0.753. The Kier molecular flexibility index (Phi) is 12.7. The highest BCUT2D eigenvalue weighted by Crippen LogP contribution is 2.55. The van der Waals surface area contributed by atoms with Crippen LogP contribution in [0.1, 0.15) is 97.8 Å². The quantitative estimate of drug-likeness (QED) is 0.237. The molecular weight excluding hydrogens is 327 g/mol. The van der Waals surface area contributed by atoms with Gasteiger partial charge in [0.05, 0.1) is 6.61 Å². The van der Waals surface area contributed by atoms with E-state index in [2.05, 4.69) is 6.92 Å². The van der Waals surface area contributed by atoms with Crippen LogP contribution in [-0.2, 0) is 14.1 Å². The highest BCUT2D eigenvalue weighted by molar-refractivity contribution is 7.54. The van der Waals surface area contributed by atoms with Gasteiger partial charge in [-0.1, -0.05) is 78.1 Å². The standard InChI is InChI=1S/C18H37O5P/c1-4-7-8-9-10-11-12-13-14-15-16-18(5-2,24(20,21)22)17(19)23-6-3/h4-16H2,1-3H3,(H2,20,21,22). The Bertz CT molecular complexity index is 380. The number of hydrogen-bond acceptors (Lipinski definition) is 3. The molecule has 0 fully saturated rings. The third kappa shape index (κ3) is 8.13. The molecule has 24 heavy (non-hydrogen) atoms. The second-order valence-electron chi connectivity index (χ2n) is 6.58. The molecule has 0 aromatic heterocycles. The molecule has 0 spiro atoms. The van der Waals surface area contributed by atoms with Crippen LogP contribution >= 0.6 is 7.60 Å². The van der Waals surface area contributed by atoms with Crippen molar-refractivity contribution in [1.29, 1.82) is 0 Å². The highest BCUT2D eigenvalue weighted by Gasteiger charge is 2.52. The van der Waals surface area contributed by atoms with Crippen LogP contribution in [0.3, 0.4) is 0 Å². The van der Waals surface area contributed by atoms with Gasteiger partial charge in [0.2, 0.25) is 0 Å². The van der Waals surface area contributed by atoms with E-state index in [1.807, 2.05) is 0 Å². The first-order valence-electron chi connectivity index (χ1n) is 9.58. The first-order chi connectivity index (χ1) is 11.4. The van der Waals surface area contributed by atoms with Gasteiger partial charge in [0.1, 0.15) is 0 Å². The summed E-state index contributed by atoms with van der Waals surface area (Å²) in [5, 5.41) is -1.66. The van der Waals surface area contributed by atoms with Crippen LogP contribution in [0.25, 0.3) is 0 Å². The topological polar surface area (TPSA) is 83.8 Å². The van der Waals surface area contributed by atoms with Crippen LogP contribution in [-0.4, -0.2) is 27.5 Å². The molecule has 0 bridgehead atoms. The molecule has 0 aliphatic heterocycles. The van der Waals surface area contributed by atoms with Gasteiger partial charge >= 0.3 is 13.6 Å². The van der Waals surface area contributed by atoms with E-state index >= 15 is 0 Å². The van der Waals surface area contributed by atoms with Crippen LogP contribution in [0.5, 0.6) is 0 Å². The number of hydrogen-bond donors (Lipinski definition) is 2. The van der Waals surface area contributed by atoms with Gasteiger partial charge in [-0.15, -0.1) is 0 Å². The summed E-state index contributed by atoms with van der Waals surface area (Å²) >= 11 is 0. The molecule has 1 atom stereocenters. The lowest BCUT2D eigenvalue weighted by molar-refractivity contribution is -0.147. The molecule has 6 heteroatoms. The molecule has 0 amide bonds. The molecule has 0 aliphatic carbocycles. The number of ether oxygens (including phenoxy) is 1. The third-order valence-electron chi connectivity index (χ3n) is 4.74. The summed E-state index contributed by atoms with van der Waals surface area (Å²) in [4.78, 5) is 31.5. The first kappa shape index (κ1) is 23.6. The van der Waals surface area contributed by atoms with Gasteiger partial charge in [0.15, 0.2) is 5.16 Å². The summed E-state index contributed by atoms with van der Waals surface area (Å²) in [6.45, 7) is 5.65. The van der Waals surface area contributed by atoms with Crippen molar-refractivity contribution in [3.8, 4) is 0 Å². The van der Waals surface area contributed by atoms with E-state index < -0.39 is 18.7 Å². The molecule has 144 valence electrons. The average Bonchev–Trinajstić information content (AvgIpc) is 2.52. The van der Waals surface area contributed by atoms with Crippen molar-refractivity contribution in [2.45, 2.75) is 103 Å². The maximum atomic E-state index is 12.1. The molecular formula is C18H37O5P. The van der Waals surface area contributed by atoms with Crippen molar-refractivity contribution in [2.75, 3.05) is 6.61 Å². The van der Waals surface area contributed by atoms with E-state index in [-0.39, 0.29) is 19.4 Å². The Morgan fingerprint density at radius 2 is 1.33 bits per heavy atom. The van der Waals surface area contributed by atoms with E-state index in [0.29, 0.717) is 6.42 Å². The molecule has 0 saturated heterocycles. The molecule has 0 saturated carbocycles. The maximum Gasteiger partial charge on any atom is 0.342 e. The second kappa shape index (κ2) is 12.9. The van der Waals surface area contributed by atoms with Crippen molar-refractivity contribution < 1.29 is 23.9 Å². The summed E-state index contributed by atoms with van der Waals surface area (Å²) < 4.78 is 16.8. The minimum absolute atomic E-state index is 0.105. The van der Waals surface area contributed by atoms with Crippen LogP contribution < -0.4 is 0 Å². The van der Waals surface area contributed by atoms with Gasteiger partial charge in [0.25, 0.3) is 0 Å². The van der Waals surface area contributed by atoms with E-state index in [1.165, 1.54) is 38.5 Å². The lowest BCUT2D eigenvalue weighted by Gasteiger charge is -2.30. The highest BCUT2D eigenvalue weighted by atomic mass is 31.2. The predicted octanol–water partition coefficient (Wildman–Crippen LogP) is 5.19. The van der Waals surface area contributed by atoms with Crippen molar-refractivity contribution in [3.63, 3.8) is 0 Å². The SMILES string of the molecule is CCCCCCCCCCCCC(CC)(C(=O)OCC)P(=O)(O)O. The molecule has 0 rings (SSSR count). The first-order valence-corrected chi connectivity index (χ1v) is 11.2. The van der Waals surface area contributed by atoms with Gasteiger partial charge < -0.3 is 14.5 Å². The smallest absolute Gasteiger partial charge is 0.342 e. The zero-order valence-corrected chi connectivity index (χ0v) is 16.7. The number of unbranched alkanes of at least 4 members (excludes halogenated alkanes) is 9. The molecule has 2 N–H and O–H groups in total. The van der Waals surface area contributed by atoms with Gasteiger partial charge in [-0.3, -0.25) is 9.36 Å². The largest absolute Gasteiger partial charge is 0.465 e. The van der Waals surface area contributed by atoms with Crippen molar-refractivity contribution in [1.82, 2.24) is 0 Å². The zero-order chi connectivity index (χ0) is 18.5. The van der Waals surface area contributed by atoms with E-state index in [9.17, 15) is 19.1 Å². The van der Waals surface area contributed by atoms with E-state index in [4.69, 9.17) is 4.74 Å².